The number of rotatable bonds is 9. The molecule has 186 valence electrons. The van der Waals surface area contributed by atoms with Crippen molar-refractivity contribution in [1.29, 1.82) is 0 Å². The second-order valence-electron chi connectivity index (χ2n) is 8.96. The van der Waals surface area contributed by atoms with Gasteiger partial charge in [-0.15, -0.1) is 0 Å². The summed E-state index contributed by atoms with van der Waals surface area (Å²) in [4.78, 5) is 47.5. The third kappa shape index (κ3) is 6.68. The average Bonchev–Trinajstić information content (AvgIpc) is 3.39. The predicted molar refractivity (Wildman–Crippen MR) is 132 cm³/mol. The molecule has 35 heavy (non-hydrogen) atoms. The number of carbonyl (C=O) groups is 3. The van der Waals surface area contributed by atoms with Gasteiger partial charge in [0, 0.05) is 50.1 Å². The van der Waals surface area contributed by atoms with E-state index in [2.05, 4.69) is 25.9 Å². The maximum atomic E-state index is 13.0. The standard InChI is InChI=1S/C25H32N6O4/c32-22(6-3-9-26-25-27-10-11-28-25)31-12-7-17(8-13-31)24(35)30-21(15-23(33)34)19-14-18-4-1-2-5-20(18)29-16-19/h1-2,4-5,14,16-17,21H,3,6-13,15H2,(H,30,35)(H,33,34)(H2,26,27,28)/t21-/m0/s1. The van der Waals surface area contributed by atoms with Crippen molar-refractivity contribution in [1.82, 2.24) is 25.8 Å². The topological polar surface area (TPSA) is 136 Å². The Morgan fingerprint density at radius 3 is 2.74 bits per heavy atom. The van der Waals surface area contributed by atoms with Gasteiger partial charge >= 0.3 is 5.97 Å². The number of nitrogens with zero attached hydrogens (tertiary/aromatic N) is 3. The number of aliphatic carboxylic acids is 1. The van der Waals surface area contributed by atoms with Crippen LogP contribution < -0.4 is 16.0 Å². The maximum absolute atomic E-state index is 13.0. The molecule has 0 unspecified atom stereocenters. The Balaban J connectivity index is 1.26. The van der Waals surface area contributed by atoms with E-state index in [0.717, 1.165) is 36.4 Å². The van der Waals surface area contributed by atoms with Crippen LogP contribution in [0.15, 0.2) is 41.5 Å². The highest BCUT2D eigenvalue weighted by Crippen LogP contribution is 2.24. The zero-order valence-electron chi connectivity index (χ0n) is 19.7. The molecule has 1 saturated heterocycles. The Kier molecular flexibility index (Phi) is 8.12. The third-order valence-electron chi connectivity index (χ3n) is 6.46. The van der Waals surface area contributed by atoms with Gasteiger partial charge in [-0.25, -0.2) is 0 Å². The van der Waals surface area contributed by atoms with Crippen molar-refractivity contribution in [2.75, 3.05) is 32.7 Å². The number of guanidine groups is 1. The monoisotopic (exact) mass is 480 g/mol. The molecule has 1 aromatic heterocycles. The number of carboxylic acids is 1. The van der Waals surface area contributed by atoms with Crippen LogP contribution in [0.3, 0.4) is 0 Å². The predicted octanol–water partition coefficient (Wildman–Crippen LogP) is 1.43. The Morgan fingerprint density at radius 2 is 2.00 bits per heavy atom. The quantitative estimate of drug-likeness (QED) is 0.399. The summed E-state index contributed by atoms with van der Waals surface area (Å²) in [7, 11) is 0. The molecule has 10 nitrogen and oxygen atoms in total. The summed E-state index contributed by atoms with van der Waals surface area (Å²) >= 11 is 0. The highest BCUT2D eigenvalue weighted by molar-refractivity contribution is 5.83. The molecule has 2 amide bonds. The number of nitrogens with one attached hydrogen (secondary N) is 3. The molecule has 10 heteroatoms. The highest BCUT2D eigenvalue weighted by atomic mass is 16.4. The molecule has 0 bridgehead atoms. The largest absolute Gasteiger partial charge is 0.481 e. The first-order valence-electron chi connectivity index (χ1n) is 12.2. The zero-order valence-corrected chi connectivity index (χ0v) is 19.7. The minimum atomic E-state index is -0.992. The Bertz CT molecular complexity index is 1100. The molecule has 3 heterocycles. The van der Waals surface area contributed by atoms with Crippen LogP contribution in [0.2, 0.25) is 0 Å². The Labute approximate surface area is 204 Å². The molecule has 0 spiro atoms. The molecule has 2 aliphatic rings. The van der Waals surface area contributed by atoms with E-state index in [-0.39, 0.29) is 24.2 Å². The molecule has 0 aliphatic carbocycles. The van der Waals surface area contributed by atoms with E-state index >= 15 is 0 Å². The summed E-state index contributed by atoms with van der Waals surface area (Å²) in [6.07, 6.45) is 3.70. The Hall–Kier alpha value is -3.69. The van der Waals surface area contributed by atoms with Gasteiger partial charge in [0.1, 0.15) is 0 Å². The smallest absolute Gasteiger partial charge is 0.305 e. The van der Waals surface area contributed by atoms with Gasteiger partial charge in [0.05, 0.1) is 24.5 Å². The van der Waals surface area contributed by atoms with Crippen molar-refractivity contribution in [3.8, 4) is 0 Å². The summed E-state index contributed by atoms with van der Waals surface area (Å²) in [5, 5.41) is 19.5. The summed E-state index contributed by atoms with van der Waals surface area (Å²) in [6.45, 7) is 3.37. The molecule has 0 saturated carbocycles. The third-order valence-corrected chi connectivity index (χ3v) is 6.46. The Morgan fingerprint density at radius 1 is 1.20 bits per heavy atom. The summed E-state index contributed by atoms with van der Waals surface area (Å²) in [5.41, 5.74) is 1.48. The van der Waals surface area contributed by atoms with Crippen LogP contribution in [0.1, 0.15) is 43.7 Å². The maximum Gasteiger partial charge on any atom is 0.305 e. The fourth-order valence-electron chi connectivity index (χ4n) is 4.51. The van der Waals surface area contributed by atoms with Crippen molar-refractivity contribution in [3.63, 3.8) is 0 Å². The normalized spacial score (nSPS) is 16.9. The average molecular weight is 481 g/mol. The van der Waals surface area contributed by atoms with E-state index in [1.54, 1.807) is 6.20 Å². The van der Waals surface area contributed by atoms with Gasteiger partial charge in [-0.05, 0) is 37.0 Å². The number of aliphatic imine (C=N–C) groups is 1. The fourth-order valence-corrected chi connectivity index (χ4v) is 4.51. The van der Waals surface area contributed by atoms with E-state index in [4.69, 9.17) is 0 Å². The van der Waals surface area contributed by atoms with Crippen LogP contribution in [0.4, 0.5) is 0 Å². The molecule has 0 radical (unpaired) electrons. The van der Waals surface area contributed by atoms with Crippen LogP contribution in [-0.4, -0.2) is 71.5 Å². The van der Waals surface area contributed by atoms with Crippen molar-refractivity contribution >= 4 is 34.6 Å². The first-order valence-corrected chi connectivity index (χ1v) is 12.2. The lowest BCUT2D eigenvalue weighted by Crippen LogP contribution is -2.44. The molecule has 1 aromatic carbocycles. The molecule has 4 rings (SSSR count). The number of hydrogen-bond donors (Lipinski definition) is 4. The molecular formula is C25H32N6O4. The van der Waals surface area contributed by atoms with Crippen molar-refractivity contribution in [3.05, 3.63) is 42.1 Å². The number of carbonyl (C=O) groups excluding carboxylic acids is 2. The highest BCUT2D eigenvalue weighted by Gasteiger charge is 2.29. The van der Waals surface area contributed by atoms with Gasteiger partial charge in [-0.1, -0.05) is 18.2 Å². The number of carboxylic acid groups (broad SMARTS) is 1. The SMILES string of the molecule is O=C(O)C[C@H](NC(=O)C1CCN(C(=O)CCCNC2=NCCN2)CC1)c1cnc2ccccc2c1. The van der Waals surface area contributed by atoms with Crippen LogP contribution in [-0.2, 0) is 14.4 Å². The van der Waals surface area contributed by atoms with Crippen molar-refractivity contribution < 1.29 is 19.5 Å². The molecule has 1 atom stereocenters. The lowest BCUT2D eigenvalue weighted by atomic mass is 9.94. The van der Waals surface area contributed by atoms with Crippen LogP contribution in [0, 0.1) is 5.92 Å². The van der Waals surface area contributed by atoms with Crippen LogP contribution >= 0.6 is 0 Å². The second kappa shape index (κ2) is 11.6. The number of benzene rings is 1. The van der Waals surface area contributed by atoms with E-state index in [1.165, 1.54) is 0 Å². The number of para-hydroxylation sites is 1. The summed E-state index contributed by atoms with van der Waals surface area (Å²) in [5.74, 6) is -0.528. The molecule has 1 fully saturated rings. The van der Waals surface area contributed by atoms with Gasteiger partial charge in [0.25, 0.3) is 0 Å². The number of amides is 2. The van der Waals surface area contributed by atoms with Gasteiger partial charge in [0.2, 0.25) is 11.8 Å². The molecule has 4 N–H and O–H groups in total. The van der Waals surface area contributed by atoms with Crippen molar-refractivity contribution in [2.45, 2.75) is 38.1 Å². The second-order valence-corrected chi connectivity index (χ2v) is 8.96. The van der Waals surface area contributed by atoms with Gasteiger partial charge in [-0.3, -0.25) is 24.4 Å². The lowest BCUT2D eigenvalue weighted by Gasteiger charge is -2.32. The number of likely N-dealkylation sites (tertiary alicyclic amines) is 1. The summed E-state index contributed by atoms with van der Waals surface area (Å²) < 4.78 is 0. The zero-order chi connectivity index (χ0) is 24.6. The van der Waals surface area contributed by atoms with Crippen LogP contribution in [0.5, 0.6) is 0 Å². The van der Waals surface area contributed by atoms with E-state index in [9.17, 15) is 19.5 Å². The minimum absolute atomic E-state index is 0.0953. The first-order chi connectivity index (χ1) is 17.0. The fraction of sp³-hybridized carbons (Fsp3) is 0.480. The molecular weight excluding hydrogens is 448 g/mol. The van der Waals surface area contributed by atoms with Gasteiger partial charge < -0.3 is 26.0 Å². The minimum Gasteiger partial charge on any atom is -0.481 e. The number of aromatic nitrogens is 1. The number of hydrogen-bond acceptors (Lipinski definition) is 7. The van der Waals surface area contributed by atoms with E-state index in [1.807, 2.05) is 35.2 Å². The summed E-state index contributed by atoms with van der Waals surface area (Å²) in [6, 6.07) is 8.80. The van der Waals surface area contributed by atoms with Gasteiger partial charge in [-0.2, -0.15) is 0 Å². The van der Waals surface area contributed by atoms with Crippen LogP contribution in [0.25, 0.3) is 10.9 Å². The lowest BCUT2D eigenvalue weighted by molar-refractivity contribution is -0.139. The van der Waals surface area contributed by atoms with Crippen molar-refractivity contribution in [2.24, 2.45) is 10.9 Å². The van der Waals surface area contributed by atoms with Gasteiger partial charge in [0.15, 0.2) is 5.96 Å². The van der Waals surface area contributed by atoms with E-state index in [0.29, 0.717) is 44.5 Å². The number of piperidine rings is 1. The first kappa shape index (κ1) is 24.4. The number of fused-ring (bicyclic) bond motifs is 1. The van der Waals surface area contributed by atoms with E-state index < -0.39 is 12.0 Å². The number of pyridine rings is 1. The molecule has 2 aliphatic heterocycles. The molecule has 2 aromatic rings.